The minimum Gasteiger partial charge on any atom is -0.497 e. The summed E-state index contributed by atoms with van der Waals surface area (Å²) in [7, 11) is 3.18. The summed E-state index contributed by atoms with van der Waals surface area (Å²) in [6.45, 7) is 9.94. The first kappa shape index (κ1) is 28.0. The Morgan fingerprint density at radius 1 is 1.21 bits per heavy atom. The van der Waals surface area contributed by atoms with Gasteiger partial charge in [0.2, 0.25) is 5.91 Å². The van der Waals surface area contributed by atoms with E-state index in [-0.39, 0.29) is 18.4 Å². The highest BCUT2D eigenvalue weighted by atomic mass is 32.2. The lowest BCUT2D eigenvalue weighted by atomic mass is 9.92. The number of amides is 1. The van der Waals surface area contributed by atoms with Crippen molar-refractivity contribution >= 4 is 28.8 Å². The summed E-state index contributed by atoms with van der Waals surface area (Å²) in [6, 6.07) is 4.86. The molecule has 0 spiro atoms. The molecule has 38 heavy (non-hydrogen) atoms. The highest BCUT2D eigenvalue weighted by Gasteiger charge is 2.42. The molecule has 1 fully saturated rings. The van der Waals surface area contributed by atoms with E-state index in [0.29, 0.717) is 34.5 Å². The summed E-state index contributed by atoms with van der Waals surface area (Å²) in [5, 5.41) is 5.64. The molecule has 206 valence electrons. The van der Waals surface area contributed by atoms with Crippen LogP contribution in [0.1, 0.15) is 38.8 Å². The zero-order valence-electron chi connectivity index (χ0n) is 22.6. The molecule has 0 saturated carbocycles. The van der Waals surface area contributed by atoms with Crippen molar-refractivity contribution in [3.63, 3.8) is 0 Å². The molecule has 11 heteroatoms. The van der Waals surface area contributed by atoms with Crippen molar-refractivity contribution in [1.29, 1.82) is 0 Å². The predicted octanol–water partition coefficient (Wildman–Crippen LogP) is 3.07. The lowest BCUT2D eigenvalue weighted by Gasteiger charge is -2.37. The van der Waals surface area contributed by atoms with Crippen molar-refractivity contribution in [3.05, 3.63) is 46.1 Å². The normalized spacial score (nSPS) is 19.6. The van der Waals surface area contributed by atoms with Gasteiger partial charge in [0.05, 0.1) is 57.3 Å². The highest BCUT2D eigenvalue weighted by Crippen LogP contribution is 2.47. The fraction of sp³-hybridized carbons (Fsp3) is 0.519. The van der Waals surface area contributed by atoms with Gasteiger partial charge in [0.15, 0.2) is 5.17 Å². The van der Waals surface area contributed by atoms with E-state index in [1.807, 2.05) is 36.3 Å². The van der Waals surface area contributed by atoms with E-state index >= 15 is 0 Å². The van der Waals surface area contributed by atoms with Gasteiger partial charge < -0.3 is 29.2 Å². The van der Waals surface area contributed by atoms with Crippen LogP contribution in [0.5, 0.6) is 11.5 Å². The van der Waals surface area contributed by atoms with Crippen molar-refractivity contribution in [1.82, 2.24) is 15.1 Å². The maximum absolute atomic E-state index is 13.4. The van der Waals surface area contributed by atoms with Crippen LogP contribution in [0.2, 0.25) is 0 Å². The number of hydrogen-bond donors (Lipinski definition) is 1. The molecule has 1 aromatic rings. The topological polar surface area (TPSA) is 102 Å². The number of amidine groups is 1. The number of benzene rings is 1. The summed E-state index contributed by atoms with van der Waals surface area (Å²) >= 11 is 1.43. The van der Waals surface area contributed by atoms with Gasteiger partial charge in [0.25, 0.3) is 0 Å². The van der Waals surface area contributed by atoms with Crippen molar-refractivity contribution in [2.24, 2.45) is 4.99 Å². The first-order valence-corrected chi connectivity index (χ1v) is 13.6. The quantitative estimate of drug-likeness (QED) is 0.445. The second-order valence-electron chi connectivity index (χ2n) is 9.44. The van der Waals surface area contributed by atoms with Crippen molar-refractivity contribution in [2.45, 2.75) is 39.3 Å². The predicted molar refractivity (Wildman–Crippen MR) is 146 cm³/mol. The Kier molecular flexibility index (Phi) is 9.35. The Bertz CT molecular complexity index is 1140. The number of fused-ring (bicyclic) bond motifs is 1. The fourth-order valence-corrected chi connectivity index (χ4v) is 5.63. The average Bonchev–Trinajstić information content (AvgIpc) is 3.29. The number of ether oxygens (including phenoxy) is 4. The van der Waals surface area contributed by atoms with Gasteiger partial charge >= 0.3 is 5.97 Å². The first-order chi connectivity index (χ1) is 18.3. The summed E-state index contributed by atoms with van der Waals surface area (Å²) in [5.74, 6) is 0.657. The molecule has 3 heterocycles. The molecule has 0 aliphatic carbocycles. The molecular weight excluding hydrogens is 508 g/mol. The van der Waals surface area contributed by atoms with Crippen LogP contribution in [-0.2, 0) is 19.1 Å². The van der Waals surface area contributed by atoms with Gasteiger partial charge in [0, 0.05) is 37.4 Å². The maximum Gasteiger partial charge on any atom is 0.338 e. The second-order valence-corrected chi connectivity index (χ2v) is 10.3. The Morgan fingerprint density at radius 2 is 1.97 bits per heavy atom. The molecule has 10 nitrogen and oxygen atoms in total. The molecule has 0 radical (unpaired) electrons. The van der Waals surface area contributed by atoms with Gasteiger partial charge in [-0.05, 0) is 44.4 Å². The van der Waals surface area contributed by atoms with E-state index in [1.165, 1.54) is 11.8 Å². The second kappa shape index (κ2) is 12.7. The number of carbonyl (C=O) groups is 2. The number of carbonyl (C=O) groups excluding carboxylic acids is 2. The number of nitrogens with one attached hydrogen (secondary N) is 1. The number of thioether (sulfide) groups is 1. The Balaban J connectivity index is 1.61. The smallest absolute Gasteiger partial charge is 0.338 e. The van der Waals surface area contributed by atoms with E-state index in [2.05, 4.69) is 10.2 Å². The first-order valence-electron chi connectivity index (χ1n) is 12.8. The minimum atomic E-state index is -0.610. The van der Waals surface area contributed by atoms with Gasteiger partial charge in [-0.25, -0.2) is 9.79 Å². The molecule has 0 aromatic heterocycles. The van der Waals surface area contributed by atoms with Crippen LogP contribution < -0.4 is 14.8 Å². The number of rotatable bonds is 10. The number of allylic oxidation sites excluding steroid dienone is 1. The zero-order chi connectivity index (χ0) is 27.2. The molecular formula is C27H36N4O6S. The lowest BCUT2D eigenvalue weighted by Crippen LogP contribution is -2.42. The third-order valence-corrected chi connectivity index (χ3v) is 7.38. The van der Waals surface area contributed by atoms with Crippen LogP contribution in [0.25, 0.3) is 0 Å². The summed E-state index contributed by atoms with van der Waals surface area (Å²) < 4.78 is 22.2. The van der Waals surface area contributed by atoms with Gasteiger partial charge in [-0.1, -0.05) is 11.8 Å². The van der Waals surface area contributed by atoms with Crippen LogP contribution in [0.4, 0.5) is 0 Å². The number of morpholine rings is 1. The number of nitrogens with zero attached hydrogens (tertiary/aromatic N) is 3. The van der Waals surface area contributed by atoms with Gasteiger partial charge in [-0.15, -0.1) is 0 Å². The molecule has 1 N–H and O–H groups in total. The molecule has 1 aromatic carbocycles. The number of aliphatic imine (C=N–C) groups is 1. The van der Waals surface area contributed by atoms with Gasteiger partial charge in [0.1, 0.15) is 11.5 Å². The molecule has 4 rings (SSSR count). The van der Waals surface area contributed by atoms with Gasteiger partial charge in [-0.3, -0.25) is 9.69 Å². The van der Waals surface area contributed by atoms with Crippen LogP contribution in [-0.4, -0.2) is 86.6 Å². The van der Waals surface area contributed by atoms with Crippen LogP contribution in [0.15, 0.2) is 45.6 Å². The third-order valence-electron chi connectivity index (χ3n) is 6.49. The molecule has 3 aliphatic heterocycles. The van der Waals surface area contributed by atoms with Gasteiger partial charge in [-0.2, -0.15) is 0 Å². The number of hydrogen-bond acceptors (Lipinski definition) is 10. The van der Waals surface area contributed by atoms with Crippen molar-refractivity contribution in [2.75, 3.05) is 53.6 Å². The minimum absolute atomic E-state index is 0.0969. The average molecular weight is 545 g/mol. The zero-order valence-corrected chi connectivity index (χ0v) is 23.4. The largest absolute Gasteiger partial charge is 0.497 e. The van der Waals surface area contributed by atoms with E-state index < -0.39 is 12.0 Å². The number of esters is 1. The monoisotopic (exact) mass is 544 g/mol. The van der Waals surface area contributed by atoms with Crippen LogP contribution in [0.3, 0.4) is 0 Å². The highest BCUT2D eigenvalue weighted by molar-refractivity contribution is 8.16. The van der Waals surface area contributed by atoms with E-state index in [9.17, 15) is 9.59 Å². The van der Waals surface area contributed by atoms with E-state index in [0.717, 1.165) is 44.1 Å². The summed E-state index contributed by atoms with van der Waals surface area (Å²) in [6.07, 6.45) is -0.162. The lowest BCUT2D eigenvalue weighted by molar-refractivity contribution is -0.143. The van der Waals surface area contributed by atoms with Crippen LogP contribution in [0, 0.1) is 0 Å². The van der Waals surface area contributed by atoms with Crippen molar-refractivity contribution < 1.29 is 28.5 Å². The molecule has 1 unspecified atom stereocenters. The Hall–Kier alpha value is -3.02. The molecule has 1 atom stereocenters. The summed E-state index contributed by atoms with van der Waals surface area (Å²) in [5.41, 5.74) is 2.43. The van der Waals surface area contributed by atoms with Crippen molar-refractivity contribution in [3.8, 4) is 11.5 Å². The number of methoxy groups -OCH3 is 2. The third kappa shape index (κ3) is 6.33. The Morgan fingerprint density at radius 3 is 2.66 bits per heavy atom. The van der Waals surface area contributed by atoms with E-state index in [4.69, 9.17) is 23.9 Å². The molecule has 1 amide bonds. The molecule has 3 aliphatic rings. The van der Waals surface area contributed by atoms with E-state index in [1.54, 1.807) is 27.2 Å². The Labute approximate surface area is 228 Å². The maximum atomic E-state index is 13.4. The van der Waals surface area contributed by atoms with Crippen LogP contribution >= 0.6 is 11.8 Å². The SMILES string of the molecule is COc1ccc(OC)c(C2C(C(=O)OC(C)C)=C(C)N=C3SC=C(CC(=O)NCCN4CCOCC4)N32)c1. The fourth-order valence-electron chi connectivity index (χ4n) is 4.66. The molecule has 1 saturated heterocycles. The summed E-state index contributed by atoms with van der Waals surface area (Å²) in [4.78, 5) is 35.3. The molecule has 0 bridgehead atoms. The standard InChI is InChI=1S/C27H36N4O6S/c1-17(2)37-26(33)24-18(3)29-27-31(25(24)21-15-20(34-4)6-7-22(21)35-5)19(16-38-27)14-23(32)28-8-9-30-10-12-36-13-11-30/h6-7,15-17,25H,8-14H2,1-5H3,(H,28,32).